The third-order valence-electron chi connectivity index (χ3n) is 2.00. The van der Waals surface area contributed by atoms with Gasteiger partial charge in [-0.15, -0.1) is 11.6 Å². The van der Waals surface area contributed by atoms with Gasteiger partial charge in [-0.05, 0) is 6.92 Å². The van der Waals surface area contributed by atoms with Gasteiger partial charge in [-0.2, -0.15) is 0 Å². The van der Waals surface area contributed by atoms with E-state index in [-0.39, 0.29) is 23.7 Å². The fourth-order valence-electron chi connectivity index (χ4n) is 1.35. The summed E-state index contributed by atoms with van der Waals surface area (Å²) in [5.74, 6) is -1.18. The van der Waals surface area contributed by atoms with Gasteiger partial charge in [0.15, 0.2) is 0 Å². The first-order valence-electron chi connectivity index (χ1n) is 4.78. The molecule has 0 amide bonds. The van der Waals surface area contributed by atoms with Crippen molar-refractivity contribution in [2.24, 2.45) is 0 Å². The highest BCUT2D eigenvalue weighted by molar-refractivity contribution is 6.17. The van der Waals surface area contributed by atoms with Crippen molar-refractivity contribution < 1.29 is 18.3 Å². The lowest BCUT2D eigenvalue weighted by Crippen LogP contribution is -2.19. The van der Waals surface area contributed by atoms with E-state index in [2.05, 4.69) is 9.72 Å². The van der Waals surface area contributed by atoms with Gasteiger partial charge in [0, 0.05) is 17.3 Å². The fourth-order valence-corrected chi connectivity index (χ4v) is 1.55. The summed E-state index contributed by atoms with van der Waals surface area (Å²) >= 11 is 5.50. The molecule has 0 aliphatic rings. The van der Waals surface area contributed by atoms with E-state index in [0.29, 0.717) is 6.07 Å². The second kappa shape index (κ2) is 5.77. The van der Waals surface area contributed by atoms with E-state index < -0.39 is 23.5 Å². The summed E-state index contributed by atoms with van der Waals surface area (Å²) in [4.78, 5) is 24.9. The molecule has 0 radical (unpaired) electrons. The van der Waals surface area contributed by atoms with Crippen LogP contribution in [0.25, 0.3) is 0 Å². The molecule has 0 spiro atoms. The molecule has 1 aromatic rings. The minimum absolute atomic E-state index is 0.0440. The summed E-state index contributed by atoms with van der Waals surface area (Å²) in [5.41, 5.74) is -1.82. The number of hydrogen-bond donors (Lipinski definition) is 1. The highest BCUT2D eigenvalue weighted by atomic mass is 35.5. The van der Waals surface area contributed by atoms with Crippen molar-refractivity contribution in [3.05, 3.63) is 33.2 Å². The van der Waals surface area contributed by atoms with Gasteiger partial charge in [0.2, 0.25) is 5.56 Å². The Balaban J connectivity index is 3.41. The molecule has 7 heteroatoms. The predicted molar refractivity (Wildman–Crippen MR) is 57.5 cm³/mol. The molecule has 0 atom stereocenters. The third kappa shape index (κ3) is 3.03. The van der Waals surface area contributed by atoms with Crippen LogP contribution in [0.2, 0.25) is 0 Å². The molecule has 0 aliphatic heterocycles. The molecule has 0 aliphatic carbocycles. The minimum Gasteiger partial charge on any atom is -0.462 e. The number of rotatable bonds is 4. The standard InChI is InChI=1S/C10H10ClF2NO3/c1-2-17-10(16)8-5(9(12)13)3-7(15)14-6(8)4-11/h3,9H,2,4H2,1H3,(H,14,15). The molecular weight excluding hydrogens is 256 g/mol. The number of hydrogen-bond acceptors (Lipinski definition) is 3. The van der Waals surface area contributed by atoms with Crippen molar-refractivity contribution in [1.82, 2.24) is 4.98 Å². The molecule has 1 rings (SSSR count). The van der Waals surface area contributed by atoms with Gasteiger partial charge in [0.25, 0.3) is 6.43 Å². The molecule has 1 N–H and O–H groups in total. The number of carbonyl (C=O) groups excluding carboxylic acids is 1. The van der Waals surface area contributed by atoms with E-state index in [4.69, 9.17) is 11.6 Å². The van der Waals surface area contributed by atoms with Crippen LogP contribution in [-0.2, 0) is 10.6 Å². The number of aromatic nitrogens is 1. The molecule has 94 valence electrons. The summed E-state index contributed by atoms with van der Waals surface area (Å²) in [6.45, 7) is 1.59. The number of pyridine rings is 1. The molecule has 0 saturated heterocycles. The van der Waals surface area contributed by atoms with Gasteiger partial charge >= 0.3 is 5.97 Å². The number of halogens is 3. The average Bonchev–Trinajstić information content (AvgIpc) is 2.27. The molecular formula is C10H10ClF2NO3. The van der Waals surface area contributed by atoms with Gasteiger partial charge in [-0.3, -0.25) is 4.79 Å². The van der Waals surface area contributed by atoms with Gasteiger partial charge in [0.05, 0.1) is 18.1 Å². The molecule has 0 saturated carbocycles. The Labute approximate surface area is 101 Å². The topological polar surface area (TPSA) is 59.2 Å². The van der Waals surface area contributed by atoms with E-state index in [9.17, 15) is 18.4 Å². The number of esters is 1. The maximum absolute atomic E-state index is 12.7. The molecule has 0 unspecified atom stereocenters. The lowest BCUT2D eigenvalue weighted by Gasteiger charge is -2.11. The van der Waals surface area contributed by atoms with Crippen LogP contribution in [-0.4, -0.2) is 17.6 Å². The van der Waals surface area contributed by atoms with Gasteiger partial charge in [-0.1, -0.05) is 0 Å². The third-order valence-corrected chi connectivity index (χ3v) is 2.27. The lowest BCUT2D eigenvalue weighted by molar-refractivity contribution is 0.0513. The van der Waals surface area contributed by atoms with E-state index in [1.54, 1.807) is 6.92 Å². The maximum Gasteiger partial charge on any atom is 0.340 e. The van der Waals surface area contributed by atoms with Crippen LogP contribution >= 0.6 is 11.6 Å². The molecule has 0 fully saturated rings. The summed E-state index contributed by atoms with van der Waals surface area (Å²) in [5, 5.41) is 0. The van der Waals surface area contributed by atoms with E-state index in [0.717, 1.165) is 0 Å². The van der Waals surface area contributed by atoms with Gasteiger partial charge in [0.1, 0.15) is 0 Å². The Hall–Kier alpha value is -1.43. The van der Waals surface area contributed by atoms with Crippen molar-refractivity contribution >= 4 is 17.6 Å². The molecule has 0 bridgehead atoms. The first kappa shape index (κ1) is 13.6. The van der Waals surface area contributed by atoms with E-state index in [1.165, 1.54) is 0 Å². The lowest BCUT2D eigenvalue weighted by atomic mass is 10.1. The van der Waals surface area contributed by atoms with E-state index in [1.807, 2.05) is 0 Å². The Kier molecular flexibility index (Phi) is 4.62. The Bertz CT molecular complexity index is 473. The summed E-state index contributed by atoms with van der Waals surface area (Å²) in [6, 6.07) is 0.674. The van der Waals surface area contributed by atoms with Gasteiger partial charge in [-0.25, -0.2) is 13.6 Å². The first-order valence-corrected chi connectivity index (χ1v) is 5.32. The zero-order valence-corrected chi connectivity index (χ0v) is 9.68. The van der Waals surface area contributed by atoms with Crippen molar-refractivity contribution in [2.45, 2.75) is 19.2 Å². The van der Waals surface area contributed by atoms with Crippen LogP contribution in [0.15, 0.2) is 10.9 Å². The SMILES string of the molecule is CCOC(=O)c1c(C(F)F)cc(=O)[nH]c1CCl. The molecule has 1 aromatic heterocycles. The number of H-pyrrole nitrogens is 1. The summed E-state index contributed by atoms with van der Waals surface area (Å²) in [6.07, 6.45) is -2.95. The smallest absolute Gasteiger partial charge is 0.340 e. The molecule has 4 nitrogen and oxygen atoms in total. The number of aromatic amines is 1. The summed E-state index contributed by atoms with van der Waals surface area (Å²) in [7, 11) is 0. The zero-order chi connectivity index (χ0) is 13.0. The van der Waals surface area contributed by atoms with Crippen molar-refractivity contribution in [1.29, 1.82) is 0 Å². The fraction of sp³-hybridized carbons (Fsp3) is 0.400. The number of alkyl halides is 3. The van der Waals surface area contributed by atoms with Crippen LogP contribution in [0.4, 0.5) is 8.78 Å². The van der Waals surface area contributed by atoms with Crippen LogP contribution in [0.1, 0.15) is 35.0 Å². The Morgan fingerprint density at radius 1 is 1.59 bits per heavy atom. The first-order chi connectivity index (χ1) is 8.01. The second-order valence-electron chi connectivity index (χ2n) is 3.10. The summed E-state index contributed by atoms with van der Waals surface area (Å²) < 4.78 is 30.1. The largest absolute Gasteiger partial charge is 0.462 e. The van der Waals surface area contributed by atoms with Crippen molar-refractivity contribution in [2.75, 3.05) is 6.61 Å². The highest BCUT2D eigenvalue weighted by Crippen LogP contribution is 2.24. The molecule has 0 aromatic carbocycles. The number of ether oxygens (including phenoxy) is 1. The van der Waals surface area contributed by atoms with E-state index >= 15 is 0 Å². The van der Waals surface area contributed by atoms with Crippen molar-refractivity contribution in [3.63, 3.8) is 0 Å². The van der Waals surface area contributed by atoms with Crippen LogP contribution < -0.4 is 5.56 Å². The average molecular weight is 266 g/mol. The molecule has 1 heterocycles. The molecule has 17 heavy (non-hydrogen) atoms. The van der Waals surface area contributed by atoms with Crippen molar-refractivity contribution in [3.8, 4) is 0 Å². The van der Waals surface area contributed by atoms with Crippen LogP contribution in [0.5, 0.6) is 0 Å². The number of carbonyl (C=O) groups is 1. The van der Waals surface area contributed by atoms with Crippen LogP contribution in [0, 0.1) is 0 Å². The highest BCUT2D eigenvalue weighted by Gasteiger charge is 2.24. The Morgan fingerprint density at radius 3 is 2.71 bits per heavy atom. The number of nitrogens with one attached hydrogen (secondary N) is 1. The predicted octanol–water partition coefficient (Wildman–Crippen LogP) is 2.23. The Morgan fingerprint density at radius 2 is 2.24 bits per heavy atom. The second-order valence-corrected chi connectivity index (χ2v) is 3.36. The van der Waals surface area contributed by atoms with Gasteiger partial charge < -0.3 is 9.72 Å². The minimum atomic E-state index is -2.95. The van der Waals surface area contributed by atoms with Crippen LogP contribution in [0.3, 0.4) is 0 Å². The monoisotopic (exact) mass is 265 g/mol. The quantitative estimate of drug-likeness (QED) is 0.671. The normalized spacial score (nSPS) is 10.6. The maximum atomic E-state index is 12.7. The zero-order valence-electron chi connectivity index (χ0n) is 8.93.